The number of Topliss-reactive ketones (excluding diaryl/α,β-unsaturated/α-hetero) is 3. The highest BCUT2D eigenvalue weighted by atomic mass is 79.9. The lowest BCUT2D eigenvalue weighted by Gasteiger charge is -2.17. The fourth-order valence-corrected chi connectivity index (χ4v) is 2.02. The summed E-state index contributed by atoms with van der Waals surface area (Å²) in [5.74, 6) is -2.63. The number of rotatable bonds is 0. The highest BCUT2D eigenvalue weighted by Crippen LogP contribution is 2.26. The van der Waals surface area contributed by atoms with Crippen LogP contribution in [0.2, 0.25) is 0 Å². The van der Waals surface area contributed by atoms with Gasteiger partial charge in [-0.05, 0) is 6.07 Å². The zero-order chi connectivity index (χ0) is 11.2. The standard InChI is InChI=1S/C10H5BrO4/c11-5-3-1-2-4-6(5)8(13)10(15)9(14)7(4)12/h1-3,9,14H. The molecule has 1 N–H and O–H groups in total. The molecule has 0 spiro atoms. The summed E-state index contributed by atoms with van der Waals surface area (Å²) in [5, 5.41) is 9.22. The minimum Gasteiger partial charge on any atom is -0.377 e. The second-order valence-electron chi connectivity index (χ2n) is 3.12. The Bertz CT molecular complexity index is 492. The van der Waals surface area contributed by atoms with Gasteiger partial charge in [0.05, 0.1) is 5.56 Å². The van der Waals surface area contributed by atoms with Crippen LogP contribution in [-0.2, 0) is 4.79 Å². The topological polar surface area (TPSA) is 71.4 Å². The van der Waals surface area contributed by atoms with E-state index in [-0.39, 0.29) is 11.1 Å². The summed E-state index contributed by atoms with van der Waals surface area (Å²) in [6, 6.07) is 4.54. The summed E-state index contributed by atoms with van der Waals surface area (Å²) in [6.45, 7) is 0. The maximum Gasteiger partial charge on any atom is 0.239 e. The zero-order valence-electron chi connectivity index (χ0n) is 7.36. The van der Waals surface area contributed by atoms with Gasteiger partial charge in [-0.1, -0.05) is 28.1 Å². The van der Waals surface area contributed by atoms with Gasteiger partial charge in [-0.2, -0.15) is 0 Å². The molecule has 4 nitrogen and oxygen atoms in total. The van der Waals surface area contributed by atoms with E-state index in [1.54, 1.807) is 12.1 Å². The molecule has 5 heteroatoms. The van der Waals surface area contributed by atoms with Gasteiger partial charge >= 0.3 is 0 Å². The van der Waals surface area contributed by atoms with Crippen LogP contribution < -0.4 is 0 Å². The number of benzene rings is 1. The van der Waals surface area contributed by atoms with E-state index in [1.165, 1.54) is 6.07 Å². The first kappa shape index (κ1) is 10.2. The Hall–Kier alpha value is -1.33. The van der Waals surface area contributed by atoms with Gasteiger partial charge in [-0.25, -0.2) is 0 Å². The van der Waals surface area contributed by atoms with Gasteiger partial charge in [0.25, 0.3) is 0 Å². The van der Waals surface area contributed by atoms with Gasteiger partial charge in [-0.15, -0.1) is 0 Å². The van der Waals surface area contributed by atoms with Crippen LogP contribution in [0.15, 0.2) is 22.7 Å². The number of hydrogen-bond acceptors (Lipinski definition) is 4. The third-order valence-electron chi connectivity index (χ3n) is 2.23. The van der Waals surface area contributed by atoms with Gasteiger partial charge < -0.3 is 5.11 Å². The lowest BCUT2D eigenvalue weighted by atomic mass is 9.87. The molecular formula is C10H5BrO4. The molecule has 2 rings (SSSR count). The number of halogens is 1. The van der Waals surface area contributed by atoms with Crippen molar-refractivity contribution in [2.75, 3.05) is 0 Å². The molecule has 0 aromatic heterocycles. The van der Waals surface area contributed by atoms with Crippen molar-refractivity contribution in [1.82, 2.24) is 0 Å². The Morgan fingerprint density at radius 2 is 1.80 bits per heavy atom. The van der Waals surface area contributed by atoms with Crippen molar-refractivity contribution in [3.63, 3.8) is 0 Å². The number of carbonyl (C=O) groups excluding carboxylic acids is 3. The van der Waals surface area contributed by atoms with Crippen LogP contribution in [0.25, 0.3) is 0 Å². The van der Waals surface area contributed by atoms with Crippen molar-refractivity contribution in [2.24, 2.45) is 0 Å². The summed E-state index contributed by atoms with van der Waals surface area (Å²) in [7, 11) is 0. The molecule has 1 atom stereocenters. The van der Waals surface area contributed by atoms with E-state index >= 15 is 0 Å². The third-order valence-corrected chi connectivity index (χ3v) is 2.89. The molecule has 1 aromatic carbocycles. The Balaban J connectivity index is 2.75. The zero-order valence-corrected chi connectivity index (χ0v) is 8.95. The van der Waals surface area contributed by atoms with E-state index in [9.17, 15) is 19.5 Å². The van der Waals surface area contributed by atoms with E-state index in [4.69, 9.17) is 0 Å². The lowest BCUT2D eigenvalue weighted by Crippen LogP contribution is -2.41. The molecule has 0 saturated heterocycles. The molecule has 0 heterocycles. The number of ketones is 3. The quantitative estimate of drug-likeness (QED) is 0.557. The maximum absolute atomic E-state index is 11.5. The minimum atomic E-state index is -1.85. The molecule has 1 unspecified atom stereocenters. The Labute approximate surface area is 93.0 Å². The fourth-order valence-electron chi connectivity index (χ4n) is 1.47. The summed E-state index contributed by atoms with van der Waals surface area (Å²) < 4.78 is 0.388. The molecule has 0 bridgehead atoms. The van der Waals surface area contributed by atoms with E-state index in [1.807, 2.05) is 0 Å². The van der Waals surface area contributed by atoms with Crippen LogP contribution in [0.4, 0.5) is 0 Å². The summed E-state index contributed by atoms with van der Waals surface area (Å²) in [4.78, 5) is 34.2. The summed E-state index contributed by atoms with van der Waals surface area (Å²) in [6.07, 6.45) is -1.85. The van der Waals surface area contributed by atoms with Crippen LogP contribution in [0.1, 0.15) is 20.7 Å². The average molecular weight is 269 g/mol. The number of fused-ring (bicyclic) bond motifs is 1. The molecule has 0 aliphatic heterocycles. The van der Waals surface area contributed by atoms with Crippen LogP contribution in [0.5, 0.6) is 0 Å². The van der Waals surface area contributed by atoms with Crippen LogP contribution in [0.3, 0.4) is 0 Å². The Kier molecular flexibility index (Phi) is 2.28. The first-order valence-electron chi connectivity index (χ1n) is 4.13. The van der Waals surface area contributed by atoms with Crippen molar-refractivity contribution in [3.8, 4) is 0 Å². The number of hydrogen-bond donors (Lipinski definition) is 1. The molecule has 0 amide bonds. The second kappa shape index (κ2) is 3.36. The Morgan fingerprint density at radius 3 is 2.47 bits per heavy atom. The normalized spacial score (nSPS) is 20.4. The van der Waals surface area contributed by atoms with Crippen molar-refractivity contribution >= 4 is 33.3 Å². The van der Waals surface area contributed by atoms with Crippen LogP contribution >= 0.6 is 15.9 Å². The predicted molar refractivity (Wildman–Crippen MR) is 53.8 cm³/mol. The molecule has 1 aromatic rings. The third kappa shape index (κ3) is 1.35. The van der Waals surface area contributed by atoms with Crippen LogP contribution in [0, 0.1) is 0 Å². The van der Waals surface area contributed by atoms with Gasteiger partial charge in [0.2, 0.25) is 11.6 Å². The summed E-state index contributed by atoms with van der Waals surface area (Å²) >= 11 is 3.09. The van der Waals surface area contributed by atoms with Gasteiger partial charge in [0, 0.05) is 10.0 Å². The molecule has 15 heavy (non-hydrogen) atoms. The second-order valence-corrected chi connectivity index (χ2v) is 3.98. The van der Waals surface area contributed by atoms with Crippen molar-refractivity contribution in [3.05, 3.63) is 33.8 Å². The molecular weight excluding hydrogens is 264 g/mol. The van der Waals surface area contributed by atoms with Crippen LogP contribution in [-0.4, -0.2) is 28.6 Å². The minimum absolute atomic E-state index is 0.0396. The van der Waals surface area contributed by atoms with E-state index in [2.05, 4.69) is 15.9 Å². The van der Waals surface area contributed by atoms with E-state index in [0.29, 0.717) is 4.47 Å². The lowest BCUT2D eigenvalue weighted by molar-refractivity contribution is -0.120. The molecule has 0 fully saturated rings. The molecule has 1 aliphatic rings. The van der Waals surface area contributed by atoms with Crippen molar-refractivity contribution in [1.29, 1.82) is 0 Å². The van der Waals surface area contributed by atoms with Crippen molar-refractivity contribution < 1.29 is 19.5 Å². The number of aliphatic hydroxyl groups is 1. The van der Waals surface area contributed by atoms with Gasteiger partial charge in [0.15, 0.2) is 11.9 Å². The van der Waals surface area contributed by atoms with Crippen molar-refractivity contribution in [2.45, 2.75) is 6.10 Å². The number of aliphatic hydroxyl groups excluding tert-OH is 1. The van der Waals surface area contributed by atoms with Gasteiger partial charge in [-0.3, -0.25) is 14.4 Å². The van der Waals surface area contributed by atoms with E-state index < -0.39 is 23.5 Å². The largest absolute Gasteiger partial charge is 0.377 e. The first-order valence-corrected chi connectivity index (χ1v) is 4.92. The maximum atomic E-state index is 11.5. The monoisotopic (exact) mass is 268 g/mol. The molecule has 0 radical (unpaired) electrons. The highest BCUT2D eigenvalue weighted by molar-refractivity contribution is 9.10. The fraction of sp³-hybridized carbons (Fsp3) is 0.100. The summed E-state index contributed by atoms with van der Waals surface area (Å²) in [5.41, 5.74) is 0.124. The SMILES string of the molecule is O=C1C(=O)C(O)C(=O)c2cccc(Br)c21. The predicted octanol–water partition coefficient (Wildman–Crippen LogP) is 0.758. The molecule has 0 saturated carbocycles. The highest BCUT2D eigenvalue weighted by Gasteiger charge is 2.39. The number of carbonyl (C=O) groups is 3. The smallest absolute Gasteiger partial charge is 0.239 e. The molecule has 1 aliphatic carbocycles. The van der Waals surface area contributed by atoms with Gasteiger partial charge in [0.1, 0.15) is 0 Å². The molecule has 76 valence electrons. The average Bonchev–Trinajstić information content (AvgIpc) is 2.23. The van der Waals surface area contributed by atoms with E-state index in [0.717, 1.165) is 0 Å². The first-order chi connectivity index (χ1) is 7.04. The Morgan fingerprint density at radius 1 is 1.13 bits per heavy atom.